The number of nitrogens with one attached hydrogen (secondary N) is 3. The predicted molar refractivity (Wildman–Crippen MR) is 109 cm³/mol. The monoisotopic (exact) mass is 388 g/mol. The van der Waals surface area contributed by atoms with Crippen LogP contribution in [0.2, 0.25) is 5.02 Å². The maximum Gasteiger partial charge on any atom is 0.269 e. The number of nitro groups is 1. The van der Waals surface area contributed by atoms with Crippen molar-refractivity contribution in [3.63, 3.8) is 0 Å². The lowest BCUT2D eigenvalue weighted by molar-refractivity contribution is -0.384. The summed E-state index contributed by atoms with van der Waals surface area (Å²) in [7, 11) is 0. The van der Waals surface area contributed by atoms with Crippen LogP contribution in [0, 0.1) is 17.0 Å². The Kier molecular flexibility index (Phi) is 5.39. The zero-order valence-corrected chi connectivity index (χ0v) is 15.6. The zero-order valence-electron chi connectivity index (χ0n) is 14.0. The van der Waals surface area contributed by atoms with Gasteiger partial charge in [0.05, 0.1) is 4.92 Å². The SMILES string of the molecule is Cc1[nH]c2ccc(Cl)cc2c1CCNC(=S)Nc1ccc([N+](=O)[O-])cc1. The second-order valence-electron chi connectivity index (χ2n) is 5.85. The molecule has 1 aromatic heterocycles. The molecule has 0 unspecified atom stereocenters. The molecule has 2 aromatic carbocycles. The summed E-state index contributed by atoms with van der Waals surface area (Å²) in [5.41, 5.74) is 4.12. The molecule has 0 spiro atoms. The molecule has 0 fully saturated rings. The molecular formula is C18H17ClN4O2S. The fourth-order valence-electron chi connectivity index (χ4n) is 2.82. The molecule has 1 heterocycles. The Morgan fingerprint density at radius 2 is 2.00 bits per heavy atom. The van der Waals surface area contributed by atoms with Gasteiger partial charge in [-0.1, -0.05) is 11.6 Å². The van der Waals surface area contributed by atoms with Gasteiger partial charge in [0.15, 0.2) is 5.11 Å². The summed E-state index contributed by atoms with van der Waals surface area (Å²) < 4.78 is 0. The number of nitro benzene ring substituents is 1. The highest BCUT2D eigenvalue weighted by Gasteiger charge is 2.09. The minimum absolute atomic E-state index is 0.0444. The van der Waals surface area contributed by atoms with E-state index in [1.54, 1.807) is 12.1 Å². The van der Waals surface area contributed by atoms with Gasteiger partial charge in [0, 0.05) is 46.0 Å². The highest BCUT2D eigenvalue weighted by molar-refractivity contribution is 7.80. The van der Waals surface area contributed by atoms with Crippen LogP contribution in [0.5, 0.6) is 0 Å². The number of rotatable bonds is 5. The smallest absolute Gasteiger partial charge is 0.269 e. The zero-order chi connectivity index (χ0) is 18.7. The number of aromatic amines is 1. The van der Waals surface area contributed by atoms with Gasteiger partial charge in [0.25, 0.3) is 5.69 Å². The van der Waals surface area contributed by atoms with Gasteiger partial charge >= 0.3 is 0 Å². The van der Waals surface area contributed by atoms with Gasteiger partial charge in [-0.3, -0.25) is 10.1 Å². The van der Waals surface area contributed by atoms with Gasteiger partial charge in [-0.15, -0.1) is 0 Å². The molecule has 3 aromatic rings. The fourth-order valence-corrected chi connectivity index (χ4v) is 3.21. The van der Waals surface area contributed by atoms with Gasteiger partial charge in [-0.05, 0) is 61.5 Å². The number of benzene rings is 2. The maximum atomic E-state index is 10.7. The molecule has 0 aliphatic heterocycles. The second-order valence-corrected chi connectivity index (χ2v) is 6.70. The van der Waals surface area contributed by atoms with E-state index in [4.69, 9.17) is 23.8 Å². The molecule has 134 valence electrons. The third-order valence-corrected chi connectivity index (χ3v) is 4.56. The molecular weight excluding hydrogens is 372 g/mol. The highest BCUT2D eigenvalue weighted by atomic mass is 35.5. The number of anilines is 1. The average Bonchev–Trinajstić information content (AvgIpc) is 2.90. The van der Waals surface area contributed by atoms with Crippen LogP contribution in [0.15, 0.2) is 42.5 Å². The number of hydrogen-bond donors (Lipinski definition) is 3. The van der Waals surface area contributed by atoms with Crippen LogP contribution in [-0.4, -0.2) is 21.6 Å². The van der Waals surface area contributed by atoms with E-state index in [1.165, 1.54) is 17.7 Å². The van der Waals surface area contributed by atoms with E-state index in [-0.39, 0.29) is 5.69 Å². The largest absolute Gasteiger partial charge is 0.362 e. The number of aromatic nitrogens is 1. The number of halogens is 1. The lowest BCUT2D eigenvalue weighted by Crippen LogP contribution is -2.30. The lowest BCUT2D eigenvalue weighted by Gasteiger charge is -2.10. The first-order chi connectivity index (χ1) is 12.4. The van der Waals surface area contributed by atoms with Crippen molar-refractivity contribution in [3.8, 4) is 0 Å². The Morgan fingerprint density at radius 3 is 2.69 bits per heavy atom. The van der Waals surface area contributed by atoms with Crippen LogP contribution >= 0.6 is 23.8 Å². The van der Waals surface area contributed by atoms with Gasteiger partial charge in [-0.2, -0.15) is 0 Å². The van der Waals surface area contributed by atoms with E-state index in [1.807, 2.05) is 25.1 Å². The number of hydrogen-bond acceptors (Lipinski definition) is 3. The van der Waals surface area contributed by atoms with Gasteiger partial charge in [-0.25, -0.2) is 0 Å². The van der Waals surface area contributed by atoms with Crippen molar-refractivity contribution in [1.29, 1.82) is 0 Å². The van der Waals surface area contributed by atoms with Crippen molar-refractivity contribution in [3.05, 3.63) is 68.9 Å². The van der Waals surface area contributed by atoms with Crippen LogP contribution in [0.25, 0.3) is 10.9 Å². The van der Waals surface area contributed by atoms with E-state index in [0.29, 0.717) is 22.4 Å². The third-order valence-electron chi connectivity index (χ3n) is 4.08. The molecule has 0 atom stereocenters. The number of nitrogens with zero attached hydrogens (tertiary/aromatic N) is 1. The summed E-state index contributed by atoms with van der Waals surface area (Å²) in [6.07, 6.45) is 0.786. The Hall–Kier alpha value is -2.64. The number of non-ortho nitro benzene ring substituents is 1. The van der Waals surface area contributed by atoms with Gasteiger partial charge in [0.1, 0.15) is 0 Å². The van der Waals surface area contributed by atoms with Crippen LogP contribution in [0.4, 0.5) is 11.4 Å². The molecule has 0 aliphatic rings. The third kappa shape index (κ3) is 4.12. The first kappa shape index (κ1) is 18.2. The Morgan fingerprint density at radius 1 is 1.27 bits per heavy atom. The van der Waals surface area contributed by atoms with Crippen molar-refractivity contribution in [2.75, 3.05) is 11.9 Å². The summed E-state index contributed by atoms with van der Waals surface area (Å²) in [4.78, 5) is 13.6. The minimum atomic E-state index is -0.434. The predicted octanol–water partition coefficient (Wildman–Crippen LogP) is 4.57. The van der Waals surface area contributed by atoms with Gasteiger partial charge < -0.3 is 15.6 Å². The molecule has 0 bridgehead atoms. The summed E-state index contributed by atoms with van der Waals surface area (Å²) in [6.45, 7) is 2.69. The van der Waals surface area contributed by atoms with Crippen LogP contribution in [0.3, 0.4) is 0 Å². The van der Waals surface area contributed by atoms with Crippen molar-refractivity contribution >= 4 is 51.2 Å². The number of fused-ring (bicyclic) bond motifs is 1. The van der Waals surface area contributed by atoms with E-state index < -0.39 is 4.92 Å². The van der Waals surface area contributed by atoms with E-state index in [0.717, 1.165) is 23.0 Å². The first-order valence-corrected chi connectivity index (χ1v) is 8.78. The van der Waals surface area contributed by atoms with E-state index in [9.17, 15) is 10.1 Å². The molecule has 0 saturated carbocycles. The normalized spacial score (nSPS) is 10.7. The molecule has 0 amide bonds. The lowest BCUT2D eigenvalue weighted by atomic mass is 10.1. The standard InChI is InChI=1S/C18H17ClN4O2S/c1-11-15(16-10-12(19)2-7-17(16)21-11)8-9-20-18(26)22-13-3-5-14(6-4-13)23(24)25/h2-7,10,21H,8-9H2,1H3,(H2,20,22,26). The molecule has 0 radical (unpaired) electrons. The summed E-state index contributed by atoms with van der Waals surface area (Å²) in [5, 5.41) is 19.1. The van der Waals surface area contributed by atoms with Crippen LogP contribution < -0.4 is 10.6 Å². The molecule has 0 aliphatic carbocycles. The number of aryl methyl sites for hydroxylation is 1. The number of thiocarbonyl (C=S) groups is 1. The molecule has 26 heavy (non-hydrogen) atoms. The highest BCUT2D eigenvalue weighted by Crippen LogP contribution is 2.25. The van der Waals surface area contributed by atoms with Crippen LogP contribution in [-0.2, 0) is 6.42 Å². The average molecular weight is 389 g/mol. The summed E-state index contributed by atoms with van der Waals surface area (Å²) >= 11 is 11.4. The van der Waals surface area contributed by atoms with Crippen molar-refractivity contribution in [2.45, 2.75) is 13.3 Å². The van der Waals surface area contributed by atoms with E-state index >= 15 is 0 Å². The molecule has 3 rings (SSSR count). The Labute approximate surface area is 160 Å². The fraction of sp³-hybridized carbons (Fsp3) is 0.167. The quantitative estimate of drug-likeness (QED) is 0.339. The second kappa shape index (κ2) is 7.72. The van der Waals surface area contributed by atoms with Crippen molar-refractivity contribution in [2.24, 2.45) is 0 Å². The molecule has 0 saturated heterocycles. The van der Waals surface area contributed by atoms with Crippen LogP contribution in [0.1, 0.15) is 11.3 Å². The first-order valence-electron chi connectivity index (χ1n) is 8.00. The van der Waals surface area contributed by atoms with Crippen molar-refractivity contribution < 1.29 is 4.92 Å². The van der Waals surface area contributed by atoms with Crippen molar-refractivity contribution in [1.82, 2.24) is 10.3 Å². The van der Waals surface area contributed by atoms with Gasteiger partial charge in [0.2, 0.25) is 0 Å². The molecule has 6 nitrogen and oxygen atoms in total. The molecule has 3 N–H and O–H groups in total. The molecule has 8 heteroatoms. The topological polar surface area (TPSA) is 83.0 Å². The Bertz CT molecular complexity index is 969. The summed E-state index contributed by atoms with van der Waals surface area (Å²) in [5.74, 6) is 0. The Balaban J connectivity index is 1.58. The number of H-pyrrole nitrogens is 1. The maximum absolute atomic E-state index is 10.7. The minimum Gasteiger partial charge on any atom is -0.362 e. The summed E-state index contributed by atoms with van der Waals surface area (Å²) in [6, 6.07) is 11.9. The van der Waals surface area contributed by atoms with E-state index in [2.05, 4.69) is 15.6 Å².